The molecule has 2 fully saturated rings. The van der Waals surface area contributed by atoms with Crippen LogP contribution in [0.2, 0.25) is 5.02 Å². The molecule has 2 aliphatic rings. The van der Waals surface area contributed by atoms with E-state index in [1.54, 1.807) is 6.20 Å². The first-order valence-corrected chi connectivity index (χ1v) is 6.55. The van der Waals surface area contributed by atoms with E-state index >= 15 is 0 Å². The van der Waals surface area contributed by atoms with Crippen molar-refractivity contribution in [2.75, 3.05) is 11.9 Å². The van der Waals surface area contributed by atoms with Gasteiger partial charge in [0.25, 0.3) is 0 Å². The van der Waals surface area contributed by atoms with Crippen LogP contribution in [-0.4, -0.2) is 11.5 Å². The average Bonchev–Trinajstić information content (AvgIpc) is 2.90. The fourth-order valence-corrected chi connectivity index (χ4v) is 3.56. The summed E-state index contributed by atoms with van der Waals surface area (Å²) in [5.74, 6) is 3.65. The summed E-state index contributed by atoms with van der Waals surface area (Å²) in [4.78, 5) is 4.26. The van der Waals surface area contributed by atoms with E-state index in [0.29, 0.717) is 0 Å². The fraction of sp³-hybridized carbons (Fsp3) is 0.615. The van der Waals surface area contributed by atoms with Gasteiger partial charge in [0.05, 0.1) is 5.02 Å². The molecule has 1 aromatic heterocycles. The molecule has 16 heavy (non-hydrogen) atoms. The molecule has 2 nitrogen and oxygen atoms in total. The van der Waals surface area contributed by atoms with Gasteiger partial charge in [0.2, 0.25) is 0 Å². The largest absolute Gasteiger partial charge is 0.369 e. The first-order valence-electron chi connectivity index (χ1n) is 6.17. The number of hydrogen-bond donors (Lipinski definition) is 1. The highest BCUT2D eigenvalue weighted by atomic mass is 35.5. The van der Waals surface area contributed by atoms with Crippen molar-refractivity contribution in [3.63, 3.8) is 0 Å². The first-order chi connectivity index (χ1) is 7.83. The van der Waals surface area contributed by atoms with Crippen molar-refractivity contribution in [1.82, 2.24) is 4.98 Å². The predicted octanol–water partition coefficient (Wildman–Crippen LogP) is 3.58. The van der Waals surface area contributed by atoms with Gasteiger partial charge >= 0.3 is 0 Å². The molecule has 2 bridgehead atoms. The van der Waals surface area contributed by atoms with Crippen LogP contribution in [0.5, 0.6) is 0 Å². The lowest BCUT2D eigenvalue weighted by atomic mass is 9.89. The van der Waals surface area contributed by atoms with Gasteiger partial charge in [-0.2, -0.15) is 0 Å². The van der Waals surface area contributed by atoms with Crippen LogP contribution < -0.4 is 5.32 Å². The van der Waals surface area contributed by atoms with E-state index in [2.05, 4.69) is 10.3 Å². The second kappa shape index (κ2) is 4.25. The number of rotatable bonds is 3. The van der Waals surface area contributed by atoms with Gasteiger partial charge in [-0.25, -0.2) is 4.98 Å². The maximum absolute atomic E-state index is 6.06. The van der Waals surface area contributed by atoms with Gasteiger partial charge in [-0.15, -0.1) is 0 Å². The van der Waals surface area contributed by atoms with Crippen LogP contribution in [0.15, 0.2) is 18.3 Å². The normalized spacial score (nSPS) is 31.9. The Labute approximate surface area is 101 Å². The van der Waals surface area contributed by atoms with E-state index in [0.717, 1.165) is 35.1 Å². The summed E-state index contributed by atoms with van der Waals surface area (Å²) >= 11 is 6.06. The highest BCUT2D eigenvalue weighted by Gasteiger charge is 2.39. The number of fused-ring (bicyclic) bond motifs is 2. The molecule has 0 amide bonds. The zero-order valence-corrected chi connectivity index (χ0v) is 10.1. The summed E-state index contributed by atoms with van der Waals surface area (Å²) < 4.78 is 0. The Morgan fingerprint density at radius 1 is 1.38 bits per heavy atom. The smallest absolute Gasteiger partial charge is 0.144 e. The second-order valence-electron chi connectivity index (χ2n) is 5.15. The molecule has 0 radical (unpaired) electrons. The molecule has 3 heteroatoms. The van der Waals surface area contributed by atoms with Crippen LogP contribution in [0.4, 0.5) is 5.82 Å². The Morgan fingerprint density at radius 2 is 2.31 bits per heavy atom. The van der Waals surface area contributed by atoms with Crippen LogP contribution in [0, 0.1) is 17.8 Å². The predicted molar refractivity (Wildman–Crippen MR) is 66.7 cm³/mol. The Balaban J connectivity index is 1.59. The molecule has 1 aromatic rings. The van der Waals surface area contributed by atoms with Crippen molar-refractivity contribution in [3.05, 3.63) is 23.4 Å². The highest BCUT2D eigenvalue weighted by Crippen LogP contribution is 2.48. The molecule has 2 saturated carbocycles. The van der Waals surface area contributed by atoms with Crippen LogP contribution in [-0.2, 0) is 0 Å². The van der Waals surface area contributed by atoms with E-state index in [1.807, 2.05) is 12.1 Å². The van der Waals surface area contributed by atoms with E-state index in [-0.39, 0.29) is 0 Å². The molecule has 3 unspecified atom stereocenters. The van der Waals surface area contributed by atoms with Crippen molar-refractivity contribution < 1.29 is 0 Å². The summed E-state index contributed by atoms with van der Waals surface area (Å²) in [7, 11) is 0. The van der Waals surface area contributed by atoms with Crippen molar-refractivity contribution in [2.45, 2.75) is 25.7 Å². The minimum absolute atomic E-state index is 0.727. The molecule has 3 atom stereocenters. The third kappa shape index (κ3) is 1.91. The van der Waals surface area contributed by atoms with Gasteiger partial charge < -0.3 is 5.32 Å². The number of anilines is 1. The monoisotopic (exact) mass is 236 g/mol. The van der Waals surface area contributed by atoms with Crippen molar-refractivity contribution in [3.8, 4) is 0 Å². The number of halogens is 1. The standard InChI is InChI=1S/C13H17ClN2/c14-12-2-1-5-15-13(12)16-8-11-7-9-3-4-10(11)6-9/h1-2,5,9-11H,3-4,6-8H2,(H,15,16). The molecule has 1 heterocycles. The molecule has 0 spiro atoms. The second-order valence-corrected chi connectivity index (χ2v) is 5.56. The zero-order valence-electron chi connectivity index (χ0n) is 9.32. The molecular weight excluding hydrogens is 220 g/mol. The van der Waals surface area contributed by atoms with E-state index in [1.165, 1.54) is 25.7 Å². The van der Waals surface area contributed by atoms with Gasteiger partial charge in [0.1, 0.15) is 5.82 Å². The molecule has 86 valence electrons. The van der Waals surface area contributed by atoms with E-state index in [9.17, 15) is 0 Å². The number of aromatic nitrogens is 1. The Bertz CT molecular complexity index is 380. The third-order valence-corrected chi connectivity index (χ3v) is 4.48. The summed E-state index contributed by atoms with van der Waals surface area (Å²) in [6.07, 6.45) is 7.55. The van der Waals surface area contributed by atoms with Crippen LogP contribution >= 0.6 is 11.6 Å². The number of nitrogens with one attached hydrogen (secondary N) is 1. The SMILES string of the molecule is Clc1cccnc1NCC1CC2CCC1C2. The summed E-state index contributed by atoms with van der Waals surface area (Å²) in [5.41, 5.74) is 0. The van der Waals surface area contributed by atoms with Crippen LogP contribution in [0.25, 0.3) is 0 Å². The van der Waals surface area contributed by atoms with Gasteiger partial charge in [-0.3, -0.25) is 0 Å². The highest BCUT2D eigenvalue weighted by molar-refractivity contribution is 6.32. The van der Waals surface area contributed by atoms with E-state index in [4.69, 9.17) is 11.6 Å². The Hall–Kier alpha value is -0.760. The molecule has 0 aliphatic heterocycles. The minimum Gasteiger partial charge on any atom is -0.369 e. The van der Waals surface area contributed by atoms with Crippen molar-refractivity contribution in [2.24, 2.45) is 17.8 Å². The minimum atomic E-state index is 0.727. The van der Waals surface area contributed by atoms with Crippen LogP contribution in [0.1, 0.15) is 25.7 Å². The van der Waals surface area contributed by atoms with Crippen molar-refractivity contribution in [1.29, 1.82) is 0 Å². The fourth-order valence-electron chi connectivity index (χ4n) is 3.37. The number of nitrogens with zero attached hydrogens (tertiary/aromatic N) is 1. The maximum Gasteiger partial charge on any atom is 0.144 e. The summed E-state index contributed by atoms with van der Waals surface area (Å²) in [6.45, 7) is 1.04. The molecular formula is C13H17ClN2. The topological polar surface area (TPSA) is 24.9 Å². The van der Waals surface area contributed by atoms with Gasteiger partial charge in [0.15, 0.2) is 0 Å². The number of pyridine rings is 1. The maximum atomic E-state index is 6.06. The Kier molecular flexibility index (Phi) is 2.76. The first kappa shape index (κ1) is 10.4. The summed E-state index contributed by atoms with van der Waals surface area (Å²) in [6, 6.07) is 3.75. The molecule has 0 saturated heterocycles. The lowest BCUT2D eigenvalue weighted by molar-refractivity contribution is 0.348. The van der Waals surface area contributed by atoms with E-state index < -0.39 is 0 Å². The van der Waals surface area contributed by atoms with Crippen LogP contribution in [0.3, 0.4) is 0 Å². The van der Waals surface area contributed by atoms with Gasteiger partial charge in [-0.1, -0.05) is 18.0 Å². The molecule has 3 rings (SSSR count). The molecule has 0 aromatic carbocycles. The zero-order chi connectivity index (χ0) is 11.0. The van der Waals surface area contributed by atoms with Crippen molar-refractivity contribution >= 4 is 17.4 Å². The summed E-state index contributed by atoms with van der Waals surface area (Å²) in [5, 5.41) is 4.12. The molecule has 1 N–H and O–H groups in total. The van der Waals surface area contributed by atoms with Gasteiger partial charge in [0, 0.05) is 12.7 Å². The lowest BCUT2D eigenvalue weighted by Gasteiger charge is -2.22. The number of hydrogen-bond acceptors (Lipinski definition) is 2. The Morgan fingerprint density at radius 3 is 3.00 bits per heavy atom. The van der Waals surface area contributed by atoms with Gasteiger partial charge in [-0.05, 0) is 49.1 Å². The third-order valence-electron chi connectivity index (χ3n) is 4.17. The molecule has 2 aliphatic carbocycles. The average molecular weight is 237 g/mol. The lowest BCUT2D eigenvalue weighted by Crippen LogP contribution is -2.20. The quantitative estimate of drug-likeness (QED) is 0.868.